The molecule has 1 aliphatic heterocycles. The van der Waals surface area contributed by atoms with Crippen LogP contribution in [0.25, 0.3) is 0 Å². The Morgan fingerprint density at radius 1 is 1.30 bits per heavy atom. The summed E-state index contributed by atoms with van der Waals surface area (Å²) >= 11 is 0. The molecule has 3 N–H and O–H groups in total. The zero-order valence-corrected chi connectivity index (χ0v) is 17.2. The van der Waals surface area contributed by atoms with Crippen molar-refractivity contribution in [2.45, 2.75) is 64.7 Å². The summed E-state index contributed by atoms with van der Waals surface area (Å²) in [5, 5.41) is 9.67. The molecule has 1 aromatic carbocycles. The second-order valence-electron chi connectivity index (χ2n) is 7.64. The van der Waals surface area contributed by atoms with Crippen LogP contribution in [0.4, 0.5) is 0 Å². The highest BCUT2D eigenvalue weighted by molar-refractivity contribution is 5.81. The number of likely N-dealkylation sites (tertiary alicyclic amines) is 1. The number of carbonyl (C=O) groups excluding carboxylic acids is 1. The van der Waals surface area contributed by atoms with Gasteiger partial charge in [-0.25, -0.2) is 0 Å². The second kappa shape index (κ2) is 10.9. The van der Waals surface area contributed by atoms with E-state index in [1.165, 1.54) is 5.56 Å². The zero-order chi connectivity index (χ0) is 19.6. The van der Waals surface area contributed by atoms with Crippen molar-refractivity contribution in [3.63, 3.8) is 0 Å². The summed E-state index contributed by atoms with van der Waals surface area (Å²) in [5.41, 5.74) is 1.37. The number of nitrogens with one attached hydrogen (secondary N) is 3. The normalized spacial score (nSPS) is 21.1. The summed E-state index contributed by atoms with van der Waals surface area (Å²) in [6.45, 7) is 8.90. The van der Waals surface area contributed by atoms with E-state index in [-0.39, 0.29) is 11.9 Å². The van der Waals surface area contributed by atoms with Gasteiger partial charge in [-0.3, -0.25) is 14.7 Å². The Morgan fingerprint density at radius 2 is 2.04 bits per heavy atom. The number of carbonyl (C=O) groups is 1. The number of aliphatic imine (C=N–C) groups is 1. The van der Waals surface area contributed by atoms with Crippen LogP contribution in [0.5, 0.6) is 0 Å². The van der Waals surface area contributed by atoms with Gasteiger partial charge in [0.25, 0.3) is 0 Å². The van der Waals surface area contributed by atoms with E-state index in [0.717, 1.165) is 31.9 Å². The number of rotatable bonds is 7. The predicted molar refractivity (Wildman–Crippen MR) is 112 cm³/mol. The maximum absolute atomic E-state index is 11.7. The number of amides is 1. The Morgan fingerprint density at radius 3 is 2.67 bits per heavy atom. The molecule has 1 amide bonds. The molecule has 2 atom stereocenters. The highest BCUT2D eigenvalue weighted by Crippen LogP contribution is 2.19. The Labute approximate surface area is 163 Å². The summed E-state index contributed by atoms with van der Waals surface area (Å²) in [6, 6.07) is 11.8. The first-order valence-corrected chi connectivity index (χ1v) is 10.0. The van der Waals surface area contributed by atoms with E-state index in [1.54, 1.807) is 7.05 Å². The number of hydrogen-bond donors (Lipinski definition) is 3. The van der Waals surface area contributed by atoms with Gasteiger partial charge in [0, 0.05) is 51.2 Å². The van der Waals surface area contributed by atoms with Gasteiger partial charge >= 0.3 is 0 Å². The molecule has 6 heteroatoms. The summed E-state index contributed by atoms with van der Waals surface area (Å²) in [5.74, 6) is 0.844. The molecule has 2 rings (SSSR count). The van der Waals surface area contributed by atoms with Crippen molar-refractivity contribution in [3.8, 4) is 0 Å². The van der Waals surface area contributed by atoms with E-state index in [2.05, 4.69) is 63.1 Å². The summed E-state index contributed by atoms with van der Waals surface area (Å²) in [7, 11) is 1.78. The smallest absolute Gasteiger partial charge is 0.221 e. The molecule has 0 radical (unpaired) electrons. The molecule has 27 heavy (non-hydrogen) atoms. The lowest BCUT2D eigenvalue weighted by Crippen LogP contribution is -2.51. The van der Waals surface area contributed by atoms with E-state index >= 15 is 0 Å². The second-order valence-corrected chi connectivity index (χ2v) is 7.64. The molecule has 0 spiro atoms. The molecule has 0 bridgehead atoms. The minimum atomic E-state index is 0.0656. The zero-order valence-electron chi connectivity index (χ0n) is 17.2. The van der Waals surface area contributed by atoms with Crippen molar-refractivity contribution in [1.29, 1.82) is 0 Å². The van der Waals surface area contributed by atoms with Crippen molar-refractivity contribution in [2.75, 3.05) is 20.1 Å². The molecule has 1 aliphatic rings. The van der Waals surface area contributed by atoms with Gasteiger partial charge in [-0.05, 0) is 39.2 Å². The van der Waals surface area contributed by atoms with Crippen LogP contribution in [0.2, 0.25) is 0 Å². The number of guanidine groups is 1. The average Bonchev–Trinajstić information content (AvgIpc) is 2.63. The Balaban J connectivity index is 1.73. The van der Waals surface area contributed by atoms with Crippen LogP contribution in [0.1, 0.15) is 45.6 Å². The molecule has 2 unspecified atom stereocenters. The molecule has 0 saturated carbocycles. The summed E-state index contributed by atoms with van der Waals surface area (Å²) < 4.78 is 0. The minimum absolute atomic E-state index is 0.0656. The standard InChI is InChI=1S/C21H35N5O/c1-16(2)24-20(27)10-12-23-21(22-4)25-19-11-13-26(17(3)14-19)15-18-8-6-5-7-9-18/h5-9,16-17,19H,10-15H2,1-4H3,(H,24,27)(H2,22,23,25). The van der Waals surface area contributed by atoms with E-state index in [4.69, 9.17) is 0 Å². The topological polar surface area (TPSA) is 68.8 Å². The Hall–Kier alpha value is -2.08. The maximum atomic E-state index is 11.7. The molecule has 150 valence electrons. The predicted octanol–water partition coefficient (Wildman–Crippen LogP) is 2.12. The molecule has 1 aromatic rings. The third-order valence-corrected chi connectivity index (χ3v) is 4.90. The van der Waals surface area contributed by atoms with E-state index < -0.39 is 0 Å². The van der Waals surface area contributed by atoms with Crippen LogP contribution in [-0.4, -0.2) is 55.0 Å². The van der Waals surface area contributed by atoms with E-state index in [9.17, 15) is 4.79 Å². The fourth-order valence-electron chi connectivity index (χ4n) is 3.48. The lowest BCUT2D eigenvalue weighted by molar-refractivity contribution is -0.121. The van der Waals surface area contributed by atoms with Crippen LogP contribution in [0, 0.1) is 0 Å². The quantitative estimate of drug-likeness (QED) is 0.506. The van der Waals surface area contributed by atoms with Crippen LogP contribution >= 0.6 is 0 Å². The monoisotopic (exact) mass is 373 g/mol. The summed E-state index contributed by atoms with van der Waals surface area (Å²) in [4.78, 5) is 18.6. The molecular formula is C21H35N5O. The van der Waals surface area contributed by atoms with E-state index in [0.29, 0.717) is 25.0 Å². The first-order valence-electron chi connectivity index (χ1n) is 10.0. The fourth-order valence-corrected chi connectivity index (χ4v) is 3.48. The SMILES string of the molecule is CN=C(NCCC(=O)NC(C)C)NC1CCN(Cc2ccccc2)C(C)C1. The van der Waals surface area contributed by atoms with Crippen LogP contribution in [-0.2, 0) is 11.3 Å². The molecule has 1 heterocycles. The number of piperidine rings is 1. The number of hydrogen-bond acceptors (Lipinski definition) is 3. The lowest BCUT2D eigenvalue weighted by atomic mass is 9.97. The first kappa shape index (κ1) is 21.2. The largest absolute Gasteiger partial charge is 0.356 e. The van der Waals surface area contributed by atoms with Gasteiger partial charge < -0.3 is 16.0 Å². The van der Waals surface area contributed by atoms with Crippen molar-refractivity contribution >= 4 is 11.9 Å². The molecule has 1 saturated heterocycles. The van der Waals surface area contributed by atoms with Crippen LogP contribution < -0.4 is 16.0 Å². The van der Waals surface area contributed by atoms with Crippen molar-refractivity contribution in [2.24, 2.45) is 4.99 Å². The number of benzene rings is 1. The molecule has 0 aromatic heterocycles. The summed E-state index contributed by atoms with van der Waals surface area (Å²) in [6.07, 6.45) is 2.62. The van der Waals surface area contributed by atoms with Gasteiger partial charge in [0.05, 0.1) is 0 Å². The van der Waals surface area contributed by atoms with Gasteiger partial charge in [0.15, 0.2) is 5.96 Å². The third-order valence-electron chi connectivity index (χ3n) is 4.90. The Bertz CT molecular complexity index is 602. The first-order chi connectivity index (χ1) is 13.0. The molecular weight excluding hydrogens is 338 g/mol. The van der Waals surface area contributed by atoms with Gasteiger partial charge in [0.1, 0.15) is 0 Å². The van der Waals surface area contributed by atoms with Crippen LogP contribution in [0.15, 0.2) is 35.3 Å². The lowest BCUT2D eigenvalue weighted by Gasteiger charge is -2.38. The number of nitrogens with zero attached hydrogens (tertiary/aromatic N) is 2. The highest BCUT2D eigenvalue weighted by atomic mass is 16.1. The van der Waals surface area contributed by atoms with Crippen molar-refractivity contribution < 1.29 is 4.79 Å². The molecule has 6 nitrogen and oxygen atoms in total. The van der Waals surface area contributed by atoms with E-state index in [1.807, 2.05) is 13.8 Å². The molecule has 0 aliphatic carbocycles. The fraction of sp³-hybridized carbons (Fsp3) is 0.619. The van der Waals surface area contributed by atoms with Gasteiger partial charge in [-0.1, -0.05) is 30.3 Å². The average molecular weight is 374 g/mol. The van der Waals surface area contributed by atoms with Gasteiger partial charge in [-0.2, -0.15) is 0 Å². The van der Waals surface area contributed by atoms with Crippen molar-refractivity contribution in [1.82, 2.24) is 20.9 Å². The van der Waals surface area contributed by atoms with Crippen molar-refractivity contribution in [3.05, 3.63) is 35.9 Å². The third kappa shape index (κ3) is 7.59. The van der Waals surface area contributed by atoms with Crippen LogP contribution in [0.3, 0.4) is 0 Å². The molecule has 1 fully saturated rings. The van der Waals surface area contributed by atoms with Gasteiger partial charge in [-0.15, -0.1) is 0 Å². The Kier molecular flexibility index (Phi) is 8.58. The van der Waals surface area contributed by atoms with Gasteiger partial charge in [0.2, 0.25) is 5.91 Å². The maximum Gasteiger partial charge on any atom is 0.221 e. The minimum Gasteiger partial charge on any atom is -0.356 e. The highest BCUT2D eigenvalue weighted by Gasteiger charge is 2.25.